The minimum Gasteiger partial charge on any atom is -0.497 e. The summed E-state index contributed by atoms with van der Waals surface area (Å²) in [5, 5.41) is 0. The van der Waals surface area contributed by atoms with Crippen LogP contribution in [0.15, 0.2) is 36.7 Å². The second kappa shape index (κ2) is 7.51. The predicted octanol–water partition coefficient (Wildman–Crippen LogP) is 1.64. The summed E-state index contributed by atoms with van der Waals surface area (Å²) in [6, 6.07) is 6.97. The lowest BCUT2D eigenvalue weighted by atomic mass is 10.1. The van der Waals surface area contributed by atoms with Gasteiger partial charge in [-0.25, -0.2) is 0 Å². The van der Waals surface area contributed by atoms with E-state index in [-0.39, 0.29) is 11.8 Å². The van der Waals surface area contributed by atoms with E-state index in [1.165, 1.54) is 7.11 Å². The van der Waals surface area contributed by atoms with E-state index in [1.807, 2.05) is 17.8 Å². The first-order valence-corrected chi connectivity index (χ1v) is 8.46. The first-order chi connectivity index (χ1) is 12.5. The van der Waals surface area contributed by atoms with Crippen molar-refractivity contribution in [2.75, 3.05) is 40.4 Å². The van der Waals surface area contributed by atoms with Gasteiger partial charge in [0.25, 0.3) is 11.8 Å². The zero-order valence-corrected chi connectivity index (χ0v) is 15.3. The van der Waals surface area contributed by atoms with Crippen LogP contribution in [0.25, 0.3) is 0 Å². The van der Waals surface area contributed by atoms with Crippen LogP contribution >= 0.6 is 0 Å². The van der Waals surface area contributed by atoms with Crippen LogP contribution in [0, 0.1) is 0 Å². The van der Waals surface area contributed by atoms with Crippen LogP contribution < -0.4 is 9.47 Å². The number of carbonyl (C=O) groups is 2. The van der Waals surface area contributed by atoms with Gasteiger partial charge in [0.15, 0.2) is 0 Å². The molecule has 138 valence electrons. The van der Waals surface area contributed by atoms with Crippen LogP contribution in [-0.4, -0.2) is 66.6 Å². The summed E-state index contributed by atoms with van der Waals surface area (Å²) in [5.41, 5.74) is 1.14. The number of amides is 2. The Balaban J connectivity index is 1.68. The molecule has 0 spiro atoms. The molecule has 1 aromatic carbocycles. The lowest BCUT2D eigenvalue weighted by Crippen LogP contribution is -2.50. The van der Waals surface area contributed by atoms with Crippen molar-refractivity contribution < 1.29 is 19.1 Å². The fourth-order valence-electron chi connectivity index (χ4n) is 3.08. The molecule has 0 radical (unpaired) electrons. The normalized spacial score (nSPS) is 14.3. The molecule has 2 aromatic rings. The van der Waals surface area contributed by atoms with Gasteiger partial charge in [0.1, 0.15) is 11.5 Å². The van der Waals surface area contributed by atoms with Crippen molar-refractivity contribution in [1.82, 2.24) is 14.4 Å². The average molecular weight is 357 g/mol. The Morgan fingerprint density at radius 1 is 0.923 bits per heavy atom. The lowest BCUT2D eigenvalue weighted by Gasteiger charge is -2.35. The van der Waals surface area contributed by atoms with Gasteiger partial charge < -0.3 is 23.8 Å². The third-order valence-electron chi connectivity index (χ3n) is 4.57. The highest BCUT2D eigenvalue weighted by Crippen LogP contribution is 2.25. The van der Waals surface area contributed by atoms with Crippen LogP contribution in [0.5, 0.6) is 11.5 Å². The number of carbonyl (C=O) groups excluding carboxylic acids is 2. The molecule has 0 saturated carbocycles. The molecule has 26 heavy (non-hydrogen) atoms. The summed E-state index contributed by atoms with van der Waals surface area (Å²) >= 11 is 0. The summed E-state index contributed by atoms with van der Waals surface area (Å²) in [6.45, 7) is 1.98. The summed E-state index contributed by atoms with van der Waals surface area (Å²) in [4.78, 5) is 28.9. The zero-order chi connectivity index (χ0) is 18.7. The van der Waals surface area contributed by atoms with E-state index in [2.05, 4.69) is 0 Å². The molecule has 2 heterocycles. The summed E-state index contributed by atoms with van der Waals surface area (Å²) < 4.78 is 12.4. The topological polar surface area (TPSA) is 64.0 Å². The van der Waals surface area contributed by atoms with Crippen molar-refractivity contribution in [2.24, 2.45) is 7.05 Å². The number of aryl methyl sites for hydroxylation is 1. The monoisotopic (exact) mass is 357 g/mol. The predicted molar refractivity (Wildman–Crippen MR) is 96.8 cm³/mol. The molecule has 0 aliphatic carbocycles. The van der Waals surface area contributed by atoms with E-state index >= 15 is 0 Å². The van der Waals surface area contributed by atoms with Crippen LogP contribution in [0.4, 0.5) is 0 Å². The molecule has 7 nitrogen and oxygen atoms in total. The second-order valence-electron chi connectivity index (χ2n) is 6.22. The molecule has 0 unspecified atom stereocenters. The van der Waals surface area contributed by atoms with Gasteiger partial charge in [0.05, 0.1) is 25.3 Å². The SMILES string of the molecule is COc1ccc(OC)c(C(=O)N2CCN(C(=O)c3ccn(C)c3)CC2)c1. The minimum atomic E-state index is -0.118. The van der Waals surface area contributed by atoms with Crippen LogP contribution in [0.3, 0.4) is 0 Å². The Morgan fingerprint density at radius 3 is 2.12 bits per heavy atom. The van der Waals surface area contributed by atoms with Crippen molar-refractivity contribution in [3.05, 3.63) is 47.8 Å². The maximum Gasteiger partial charge on any atom is 0.257 e. The van der Waals surface area contributed by atoms with Gasteiger partial charge in [0, 0.05) is 45.6 Å². The maximum absolute atomic E-state index is 12.9. The summed E-state index contributed by atoms with van der Waals surface area (Å²) in [5.74, 6) is 0.995. The number of hydrogen-bond acceptors (Lipinski definition) is 4. The number of aromatic nitrogens is 1. The Morgan fingerprint density at radius 2 is 1.58 bits per heavy atom. The van der Waals surface area contributed by atoms with Gasteiger partial charge in [-0.2, -0.15) is 0 Å². The largest absolute Gasteiger partial charge is 0.497 e. The number of hydrogen-bond donors (Lipinski definition) is 0. The van der Waals surface area contributed by atoms with Crippen molar-refractivity contribution >= 4 is 11.8 Å². The average Bonchev–Trinajstić information content (AvgIpc) is 3.12. The quantitative estimate of drug-likeness (QED) is 0.835. The van der Waals surface area contributed by atoms with Gasteiger partial charge >= 0.3 is 0 Å². The van der Waals surface area contributed by atoms with Crippen LogP contribution in [-0.2, 0) is 7.05 Å². The lowest BCUT2D eigenvalue weighted by molar-refractivity contribution is 0.0533. The third kappa shape index (κ3) is 3.51. The number of piperazine rings is 1. The van der Waals surface area contributed by atoms with Crippen LogP contribution in [0.1, 0.15) is 20.7 Å². The molecule has 7 heteroatoms. The summed E-state index contributed by atoms with van der Waals surface area (Å²) in [6.07, 6.45) is 3.66. The number of rotatable bonds is 4. The number of nitrogens with zero attached hydrogens (tertiary/aromatic N) is 3. The molecular weight excluding hydrogens is 334 g/mol. The molecule has 1 saturated heterocycles. The molecule has 3 rings (SSSR count). The molecule has 0 atom stereocenters. The van der Waals surface area contributed by atoms with E-state index in [1.54, 1.807) is 47.4 Å². The van der Waals surface area contributed by atoms with Gasteiger partial charge in [-0.05, 0) is 24.3 Å². The van der Waals surface area contributed by atoms with Crippen molar-refractivity contribution in [3.63, 3.8) is 0 Å². The van der Waals surface area contributed by atoms with E-state index in [0.717, 1.165) is 0 Å². The standard InChI is InChI=1S/C19H23N3O4/c1-20-7-6-14(13-20)18(23)21-8-10-22(11-9-21)19(24)16-12-15(25-2)4-5-17(16)26-3/h4-7,12-13H,8-11H2,1-3H3. The Bertz CT molecular complexity index is 807. The first-order valence-electron chi connectivity index (χ1n) is 8.46. The molecule has 1 aliphatic rings. The van der Waals surface area contributed by atoms with E-state index in [0.29, 0.717) is 48.8 Å². The second-order valence-corrected chi connectivity index (χ2v) is 6.22. The van der Waals surface area contributed by atoms with Gasteiger partial charge in [-0.3, -0.25) is 9.59 Å². The van der Waals surface area contributed by atoms with E-state index in [9.17, 15) is 9.59 Å². The highest BCUT2D eigenvalue weighted by molar-refractivity contribution is 5.98. The molecule has 0 N–H and O–H groups in total. The zero-order valence-electron chi connectivity index (χ0n) is 15.3. The van der Waals surface area contributed by atoms with Gasteiger partial charge in [-0.15, -0.1) is 0 Å². The minimum absolute atomic E-state index is 0.00309. The van der Waals surface area contributed by atoms with Crippen molar-refractivity contribution in [1.29, 1.82) is 0 Å². The van der Waals surface area contributed by atoms with E-state index in [4.69, 9.17) is 9.47 Å². The number of ether oxygens (including phenoxy) is 2. The summed E-state index contributed by atoms with van der Waals surface area (Å²) in [7, 11) is 4.98. The molecule has 1 fully saturated rings. The molecular formula is C19H23N3O4. The van der Waals surface area contributed by atoms with Crippen molar-refractivity contribution in [3.8, 4) is 11.5 Å². The van der Waals surface area contributed by atoms with Gasteiger partial charge in [0.2, 0.25) is 0 Å². The Kier molecular flexibility index (Phi) is 5.16. The number of benzene rings is 1. The highest BCUT2D eigenvalue weighted by Gasteiger charge is 2.27. The maximum atomic E-state index is 12.9. The Labute approximate surface area is 152 Å². The molecule has 0 bridgehead atoms. The fourth-order valence-corrected chi connectivity index (χ4v) is 3.08. The molecule has 1 aliphatic heterocycles. The molecule has 2 amide bonds. The van der Waals surface area contributed by atoms with E-state index < -0.39 is 0 Å². The number of methoxy groups -OCH3 is 2. The smallest absolute Gasteiger partial charge is 0.257 e. The van der Waals surface area contributed by atoms with Crippen molar-refractivity contribution in [2.45, 2.75) is 0 Å². The molecule has 1 aromatic heterocycles. The third-order valence-corrected chi connectivity index (χ3v) is 4.57. The Hall–Kier alpha value is -2.96. The highest BCUT2D eigenvalue weighted by atomic mass is 16.5. The fraction of sp³-hybridized carbons (Fsp3) is 0.368. The van der Waals surface area contributed by atoms with Gasteiger partial charge in [-0.1, -0.05) is 0 Å². The van der Waals surface area contributed by atoms with Crippen LogP contribution in [0.2, 0.25) is 0 Å². The first kappa shape index (κ1) is 17.8.